The first-order valence-corrected chi connectivity index (χ1v) is 11.0. The number of hydrogen-bond acceptors (Lipinski definition) is 4. The molecule has 0 spiro atoms. The molecule has 34 heavy (non-hydrogen) atoms. The van der Waals surface area contributed by atoms with Crippen LogP contribution < -0.4 is 5.14 Å². The van der Waals surface area contributed by atoms with Crippen LogP contribution in [0, 0.1) is 23.5 Å². The molecule has 0 aliphatic carbocycles. The number of nitrogens with two attached hydrogens (primary N) is 1. The van der Waals surface area contributed by atoms with Crippen LogP contribution in [0.2, 0.25) is 5.02 Å². The van der Waals surface area contributed by atoms with Crippen molar-refractivity contribution in [2.24, 2.45) is 5.14 Å². The molecular formula is C21H10ClF5N4O2S. The van der Waals surface area contributed by atoms with Gasteiger partial charge in [0.1, 0.15) is 16.5 Å². The van der Waals surface area contributed by atoms with E-state index in [0.29, 0.717) is 27.2 Å². The zero-order valence-electron chi connectivity index (χ0n) is 16.5. The predicted molar refractivity (Wildman–Crippen MR) is 112 cm³/mol. The molecule has 0 unspecified atom stereocenters. The van der Waals surface area contributed by atoms with Crippen LogP contribution in [0.25, 0.3) is 16.9 Å². The second-order valence-corrected chi connectivity index (χ2v) is 8.85. The summed E-state index contributed by atoms with van der Waals surface area (Å²) in [5, 5.41) is 8.96. The third-order valence-electron chi connectivity index (χ3n) is 4.56. The number of sulfonamides is 1. The fourth-order valence-electron chi connectivity index (χ4n) is 3.00. The molecule has 0 aliphatic rings. The predicted octanol–water partition coefficient (Wildman–Crippen LogP) is 4.39. The van der Waals surface area contributed by atoms with Crippen LogP contribution in [0.1, 0.15) is 16.8 Å². The van der Waals surface area contributed by atoms with Gasteiger partial charge in [-0.3, -0.25) is 0 Å². The number of halogens is 6. The lowest BCUT2D eigenvalue weighted by Gasteiger charge is -2.11. The van der Waals surface area contributed by atoms with Gasteiger partial charge in [0.05, 0.1) is 23.0 Å². The van der Waals surface area contributed by atoms with Gasteiger partial charge < -0.3 is 0 Å². The lowest BCUT2D eigenvalue weighted by molar-refractivity contribution is -0.142. The van der Waals surface area contributed by atoms with Gasteiger partial charge in [0.25, 0.3) is 0 Å². The van der Waals surface area contributed by atoms with Crippen molar-refractivity contribution < 1.29 is 30.4 Å². The number of nitrogens with zero attached hydrogens (tertiary/aromatic N) is 3. The van der Waals surface area contributed by atoms with E-state index in [9.17, 15) is 30.4 Å². The van der Waals surface area contributed by atoms with E-state index >= 15 is 0 Å². The van der Waals surface area contributed by atoms with Crippen LogP contribution >= 0.6 is 11.6 Å². The molecular weight excluding hydrogens is 503 g/mol. The van der Waals surface area contributed by atoms with E-state index in [1.807, 2.05) is 0 Å². The Balaban J connectivity index is 1.90. The molecule has 0 radical (unpaired) electrons. The van der Waals surface area contributed by atoms with E-state index in [2.05, 4.69) is 21.9 Å². The lowest BCUT2D eigenvalue weighted by Crippen LogP contribution is -2.14. The van der Waals surface area contributed by atoms with Gasteiger partial charge in [0.15, 0.2) is 11.3 Å². The van der Waals surface area contributed by atoms with Crippen molar-refractivity contribution in [3.8, 4) is 23.1 Å². The summed E-state index contributed by atoms with van der Waals surface area (Å²) in [6.45, 7) is 0. The summed E-state index contributed by atoms with van der Waals surface area (Å²) in [6.07, 6.45) is -3.81. The Labute approximate surface area is 193 Å². The summed E-state index contributed by atoms with van der Waals surface area (Å²) in [6, 6.07) is 7.60. The van der Waals surface area contributed by atoms with Crippen LogP contribution in [-0.4, -0.2) is 23.0 Å². The fraction of sp³-hybridized carbons (Fsp3) is 0.0476. The number of primary sulfonamides is 1. The first kappa shape index (κ1) is 23.6. The molecule has 6 nitrogen and oxygen atoms in total. The van der Waals surface area contributed by atoms with Crippen molar-refractivity contribution in [3.05, 3.63) is 82.1 Å². The van der Waals surface area contributed by atoms with Gasteiger partial charge in [0.2, 0.25) is 10.0 Å². The van der Waals surface area contributed by atoms with Gasteiger partial charge in [-0.2, -0.15) is 18.3 Å². The van der Waals surface area contributed by atoms with E-state index in [-0.39, 0.29) is 16.9 Å². The van der Waals surface area contributed by atoms with Gasteiger partial charge in [-0.05, 0) is 24.3 Å². The Morgan fingerprint density at radius 1 is 0.971 bits per heavy atom. The summed E-state index contributed by atoms with van der Waals surface area (Å²) < 4.78 is 92.4. The molecule has 0 atom stereocenters. The standard InChI is InChI=1S/C21H10ClF5N4O2S/c22-14-5-3-11(4-6-14)17-9-19(21(25,26)27)31-20(30-17)13(10-29-31)2-1-12-7-18(34(28,32)33)16(24)8-15(12)23/h3-10H,(H2,28,32,33). The van der Waals surface area contributed by atoms with Crippen LogP contribution in [0.5, 0.6) is 0 Å². The number of rotatable bonds is 2. The number of benzene rings is 2. The molecule has 13 heteroatoms. The Hall–Kier alpha value is -3.53. The summed E-state index contributed by atoms with van der Waals surface area (Å²) in [7, 11) is -4.51. The highest BCUT2D eigenvalue weighted by molar-refractivity contribution is 7.89. The van der Waals surface area contributed by atoms with E-state index < -0.39 is 44.0 Å². The Bertz CT molecular complexity index is 1600. The number of hydrogen-bond donors (Lipinski definition) is 1. The smallest absolute Gasteiger partial charge is 0.227 e. The maximum atomic E-state index is 14.1. The average Bonchev–Trinajstić information content (AvgIpc) is 3.14. The molecule has 4 aromatic rings. The monoisotopic (exact) mass is 512 g/mol. The average molecular weight is 513 g/mol. The van der Waals surface area contributed by atoms with Crippen LogP contribution in [-0.2, 0) is 16.2 Å². The maximum Gasteiger partial charge on any atom is 0.433 e. The Morgan fingerprint density at radius 2 is 1.62 bits per heavy atom. The molecule has 0 saturated carbocycles. The molecule has 0 amide bonds. The van der Waals surface area contributed by atoms with E-state index in [0.717, 1.165) is 12.3 Å². The normalized spacial score (nSPS) is 12.0. The molecule has 174 valence electrons. The molecule has 2 heterocycles. The van der Waals surface area contributed by atoms with Crippen LogP contribution in [0.15, 0.2) is 53.6 Å². The first-order chi connectivity index (χ1) is 15.8. The highest BCUT2D eigenvalue weighted by Gasteiger charge is 2.35. The quantitative estimate of drug-likeness (QED) is 0.318. The van der Waals surface area contributed by atoms with Crippen molar-refractivity contribution in [2.45, 2.75) is 11.1 Å². The second-order valence-electron chi connectivity index (χ2n) is 6.88. The van der Waals surface area contributed by atoms with E-state index in [1.165, 1.54) is 24.3 Å². The van der Waals surface area contributed by atoms with Crippen LogP contribution in [0.4, 0.5) is 22.0 Å². The van der Waals surface area contributed by atoms with Gasteiger partial charge in [-0.15, -0.1) is 0 Å². The summed E-state index contributed by atoms with van der Waals surface area (Å²) in [5.41, 5.74) is -1.82. The third-order valence-corrected chi connectivity index (χ3v) is 5.74. The minimum Gasteiger partial charge on any atom is -0.227 e. The van der Waals surface area contributed by atoms with Crippen molar-refractivity contribution in [2.75, 3.05) is 0 Å². The topological polar surface area (TPSA) is 90.4 Å². The van der Waals surface area contributed by atoms with Crippen LogP contribution in [0.3, 0.4) is 0 Å². The van der Waals surface area contributed by atoms with Gasteiger partial charge in [0, 0.05) is 16.7 Å². The summed E-state index contributed by atoms with van der Waals surface area (Å²) >= 11 is 5.83. The molecule has 4 rings (SSSR count). The highest BCUT2D eigenvalue weighted by Crippen LogP contribution is 2.33. The van der Waals surface area contributed by atoms with Gasteiger partial charge >= 0.3 is 6.18 Å². The van der Waals surface area contributed by atoms with Crippen molar-refractivity contribution in [1.82, 2.24) is 14.6 Å². The zero-order chi connectivity index (χ0) is 24.8. The number of alkyl halides is 3. The minimum atomic E-state index is -4.80. The SMILES string of the molecule is NS(=O)(=O)c1cc(C#Cc2cnn3c(C(F)(F)F)cc(-c4ccc(Cl)cc4)nc23)c(F)cc1F. The molecule has 0 saturated heterocycles. The zero-order valence-corrected chi connectivity index (χ0v) is 18.1. The third kappa shape index (κ3) is 4.58. The summed E-state index contributed by atoms with van der Waals surface area (Å²) in [5.74, 6) is 2.07. The minimum absolute atomic E-state index is 0.0514. The second kappa shape index (κ2) is 8.35. The van der Waals surface area contributed by atoms with E-state index in [1.54, 1.807) is 0 Å². The lowest BCUT2D eigenvalue weighted by atomic mass is 10.1. The van der Waals surface area contributed by atoms with Gasteiger partial charge in [-0.1, -0.05) is 35.6 Å². The largest absolute Gasteiger partial charge is 0.433 e. The maximum absolute atomic E-state index is 14.1. The van der Waals surface area contributed by atoms with E-state index in [4.69, 9.17) is 16.7 Å². The number of fused-ring (bicyclic) bond motifs is 1. The first-order valence-electron chi connectivity index (χ1n) is 9.10. The summed E-state index contributed by atoms with van der Waals surface area (Å²) in [4.78, 5) is 3.21. The molecule has 0 fully saturated rings. The highest BCUT2D eigenvalue weighted by atomic mass is 35.5. The molecule has 2 aromatic carbocycles. The molecule has 0 bridgehead atoms. The fourth-order valence-corrected chi connectivity index (χ4v) is 3.74. The molecule has 2 N–H and O–H groups in total. The Morgan fingerprint density at radius 3 is 2.24 bits per heavy atom. The Kier molecular flexibility index (Phi) is 5.80. The van der Waals surface area contributed by atoms with Crippen molar-refractivity contribution in [1.29, 1.82) is 0 Å². The van der Waals surface area contributed by atoms with Crippen molar-refractivity contribution >= 4 is 27.3 Å². The molecule has 2 aromatic heterocycles. The molecule has 0 aliphatic heterocycles. The van der Waals surface area contributed by atoms with Crippen molar-refractivity contribution in [3.63, 3.8) is 0 Å². The number of aromatic nitrogens is 3. The van der Waals surface area contributed by atoms with Gasteiger partial charge in [-0.25, -0.2) is 31.8 Å².